The van der Waals surface area contributed by atoms with Crippen LogP contribution in [0.2, 0.25) is 0 Å². The van der Waals surface area contributed by atoms with E-state index in [1.165, 1.54) is 31.2 Å². The Bertz CT molecular complexity index is 271. The maximum absolute atomic E-state index is 5.81. The Morgan fingerprint density at radius 3 is 2.86 bits per heavy atom. The van der Waals surface area contributed by atoms with Gasteiger partial charge in [0, 0.05) is 6.20 Å². The van der Waals surface area contributed by atoms with Crippen LogP contribution in [0.5, 0.6) is 0 Å². The second-order valence-corrected chi connectivity index (χ2v) is 3.87. The first-order valence-electron chi connectivity index (χ1n) is 5.46. The predicted molar refractivity (Wildman–Crippen MR) is 61.2 cm³/mol. The summed E-state index contributed by atoms with van der Waals surface area (Å²) in [4.78, 5) is 4.11. The molecule has 0 aliphatic carbocycles. The lowest BCUT2D eigenvalue weighted by Crippen LogP contribution is -2.01. The quantitative estimate of drug-likeness (QED) is 0.727. The number of pyridine rings is 1. The van der Waals surface area contributed by atoms with Gasteiger partial charge in [-0.1, -0.05) is 39.2 Å². The van der Waals surface area contributed by atoms with Crippen LogP contribution in [0.4, 0.5) is 5.82 Å². The second kappa shape index (κ2) is 5.63. The van der Waals surface area contributed by atoms with Crippen LogP contribution in [0.15, 0.2) is 18.3 Å². The first-order valence-corrected chi connectivity index (χ1v) is 5.46. The van der Waals surface area contributed by atoms with Crippen LogP contribution in [-0.4, -0.2) is 4.98 Å². The highest BCUT2D eigenvalue weighted by Gasteiger charge is 2.08. The first kappa shape index (κ1) is 11.0. The molecule has 1 atom stereocenters. The van der Waals surface area contributed by atoms with Crippen molar-refractivity contribution in [3.05, 3.63) is 23.9 Å². The zero-order valence-electron chi connectivity index (χ0n) is 9.16. The van der Waals surface area contributed by atoms with E-state index in [0.29, 0.717) is 11.7 Å². The highest BCUT2D eigenvalue weighted by molar-refractivity contribution is 5.40. The Balaban J connectivity index is 2.51. The molecule has 1 unspecified atom stereocenters. The lowest BCUT2D eigenvalue weighted by atomic mass is 9.95. The molecule has 0 saturated heterocycles. The van der Waals surface area contributed by atoms with Crippen LogP contribution in [-0.2, 0) is 0 Å². The molecule has 0 spiro atoms. The minimum absolute atomic E-state index is 0.537. The lowest BCUT2D eigenvalue weighted by Gasteiger charge is -2.12. The fourth-order valence-electron chi connectivity index (χ4n) is 1.70. The average molecular weight is 192 g/mol. The van der Waals surface area contributed by atoms with Gasteiger partial charge in [0.2, 0.25) is 0 Å². The Labute approximate surface area is 86.5 Å². The smallest absolute Gasteiger partial charge is 0.126 e. The third kappa shape index (κ3) is 3.02. The largest absolute Gasteiger partial charge is 0.383 e. The molecule has 0 bridgehead atoms. The zero-order valence-corrected chi connectivity index (χ0v) is 9.16. The summed E-state index contributed by atoms with van der Waals surface area (Å²) < 4.78 is 0. The van der Waals surface area contributed by atoms with Crippen LogP contribution >= 0.6 is 0 Å². The van der Waals surface area contributed by atoms with E-state index in [9.17, 15) is 0 Å². The Morgan fingerprint density at radius 2 is 2.21 bits per heavy atom. The normalized spacial score (nSPS) is 12.7. The van der Waals surface area contributed by atoms with E-state index in [4.69, 9.17) is 5.73 Å². The minimum Gasteiger partial charge on any atom is -0.383 e. The van der Waals surface area contributed by atoms with Crippen LogP contribution < -0.4 is 5.73 Å². The van der Waals surface area contributed by atoms with Crippen molar-refractivity contribution in [1.29, 1.82) is 0 Å². The first-order chi connectivity index (χ1) is 6.75. The number of aromatic nitrogens is 1. The maximum Gasteiger partial charge on any atom is 0.126 e. The molecule has 2 N–H and O–H groups in total. The SMILES string of the molecule is CCCCCC(C)c1cccnc1N. The molecule has 0 fully saturated rings. The van der Waals surface area contributed by atoms with Crippen molar-refractivity contribution in [2.75, 3.05) is 5.73 Å². The zero-order chi connectivity index (χ0) is 10.4. The van der Waals surface area contributed by atoms with Gasteiger partial charge in [0.25, 0.3) is 0 Å². The van der Waals surface area contributed by atoms with E-state index in [1.807, 2.05) is 6.07 Å². The minimum atomic E-state index is 0.537. The van der Waals surface area contributed by atoms with E-state index in [-0.39, 0.29) is 0 Å². The van der Waals surface area contributed by atoms with Crippen molar-refractivity contribution in [3.8, 4) is 0 Å². The number of hydrogen-bond acceptors (Lipinski definition) is 2. The molecule has 0 saturated carbocycles. The van der Waals surface area contributed by atoms with Gasteiger partial charge < -0.3 is 5.73 Å². The molecule has 0 amide bonds. The summed E-state index contributed by atoms with van der Waals surface area (Å²) in [6, 6.07) is 4.04. The summed E-state index contributed by atoms with van der Waals surface area (Å²) in [5.41, 5.74) is 7.01. The lowest BCUT2D eigenvalue weighted by molar-refractivity contribution is 0.598. The molecule has 1 heterocycles. The van der Waals surface area contributed by atoms with Gasteiger partial charge >= 0.3 is 0 Å². The molecule has 78 valence electrons. The molecule has 1 aromatic heterocycles. The summed E-state index contributed by atoms with van der Waals surface area (Å²) in [6.45, 7) is 4.45. The van der Waals surface area contributed by atoms with Crippen LogP contribution in [0.25, 0.3) is 0 Å². The fourth-order valence-corrected chi connectivity index (χ4v) is 1.70. The van der Waals surface area contributed by atoms with Gasteiger partial charge in [-0.3, -0.25) is 0 Å². The topological polar surface area (TPSA) is 38.9 Å². The highest BCUT2D eigenvalue weighted by Crippen LogP contribution is 2.24. The number of nitrogens with two attached hydrogens (primary N) is 1. The van der Waals surface area contributed by atoms with Crippen molar-refractivity contribution in [1.82, 2.24) is 4.98 Å². The van der Waals surface area contributed by atoms with Crippen LogP contribution in [0, 0.1) is 0 Å². The molecule has 0 aromatic carbocycles. The summed E-state index contributed by atoms with van der Waals surface area (Å²) in [7, 11) is 0. The molecule has 14 heavy (non-hydrogen) atoms. The number of hydrogen-bond donors (Lipinski definition) is 1. The maximum atomic E-state index is 5.81. The molecule has 2 nitrogen and oxygen atoms in total. The number of unbranched alkanes of at least 4 members (excludes halogenated alkanes) is 2. The number of nitrogens with zero attached hydrogens (tertiary/aromatic N) is 1. The van der Waals surface area contributed by atoms with E-state index in [1.54, 1.807) is 6.20 Å². The Morgan fingerprint density at radius 1 is 1.43 bits per heavy atom. The van der Waals surface area contributed by atoms with E-state index in [0.717, 1.165) is 0 Å². The number of nitrogen functional groups attached to an aromatic ring is 1. The summed E-state index contributed by atoms with van der Waals surface area (Å²) in [6.07, 6.45) is 6.83. The van der Waals surface area contributed by atoms with E-state index < -0.39 is 0 Å². The number of rotatable bonds is 5. The van der Waals surface area contributed by atoms with Crippen molar-refractivity contribution in [2.24, 2.45) is 0 Å². The molecule has 0 aliphatic rings. The van der Waals surface area contributed by atoms with Gasteiger partial charge in [0.05, 0.1) is 0 Å². The Hall–Kier alpha value is -1.05. The van der Waals surface area contributed by atoms with Gasteiger partial charge in [-0.25, -0.2) is 4.98 Å². The number of anilines is 1. The van der Waals surface area contributed by atoms with Crippen LogP contribution in [0.3, 0.4) is 0 Å². The molecule has 0 aliphatic heterocycles. The standard InChI is InChI=1S/C12H20N2/c1-3-4-5-7-10(2)11-8-6-9-14-12(11)13/h6,8-10H,3-5,7H2,1-2H3,(H2,13,14). The molecular formula is C12H20N2. The van der Waals surface area contributed by atoms with Crippen LogP contribution in [0.1, 0.15) is 51.0 Å². The molecule has 0 radical (unpaired) electrons. The van der Waals surface area contributed by atoms with Crippen molar-refractivity contribution in [2.45, 2.75) is 45.4 Å². The third-order valence-corrected chi connectivity index (χ3v) is 2.64. The Kier molecular flexibility index (Phi) is 4.44. The van der Waals surface area contributed by atoms with Crippen molar-refractivity contribution < 1.29 is 0 Å². The molecule has 1 aromatic rings. The molecule has 2 heteroatoms. The van der Waals surface area contributed by atoms with Gasteiger partial charge in [0.1, 0.15) is 5.82 Å². The molecule has 1 rings (SSSR count). The monoisotopic (exact) mass is 192 g/mol. The highest BCUT2D eigenvalue weighted by atomic mass is 14.8. The summed E-state index contributed by atoms with van der Waals surface area (Å²) in [5.74, 6) is 1.23. The molecular weight excluding hydrogens is 172 g/mol. The van der Waals surface area contributed by atoms with Gasteiger partial charge in [0.15, 0.2) is 0 Å². The second-order valence-electron chi connectivity index (χ2n) is 3.87. The summed E-state index contributed by atoms with van der Waals surface area (Å²) in [5, 5.41) is 0. The van der Waals surface area contributed by atoms with E-state index >= 15 is 0 Å². The van der Waals surface area contributed by atoms with Crippen molar-refractivity contribution >= 4 is 5.82 Å². The van der Waals surface area contributed by atoms with Gasteiger partial charge in [-0.15, -0.1) is 0 Å². The average Bonchev–Trinajstić information content (AvgIpc) is 2.18. The van der Waals surface area contributed by atoms with Gasteiger partial charge in [-0.05, 0) is 24.0 Å². The fraction of sp³-hybridized carbons (Fsp3) is 0.583. The van der Waals surface area contributed by atoms with Gasteiger partial charge in [-0.2, -0.15) is 0 Å². The van der Waals surface area contributed by atoms with E-state index in [2.05, 4.69) is 24.9 Å². The van der Waals surface area contributed by atoms with Crippen molar-refractivity contribution in [3.63, 3.8) is 0 Å². The summed E-state index contributed by atoms with van der Waals surface area (Å²) >= 11 is 0. The predicted octanol–water partition coefficient (Wildman–Crippen LogP) is 3.35. The third-order valence-electron chi connectivity index (χ3n) is 2.64.